The molecular weight excluding hydrogens is 400 g/mol. The van der Waals surface area contributed by atoms with Crippen molar-refractivity contribution < 1.29 is 13.9 Å². The van der Waals surface area contributed by atoms with Crippen molar-refractivity contribution in [2.24, 2.45) is 0 Å². The first-order chi connectivity index (χ1) is 15.5. The molecule has 4 aromatic rings. The van der Waals surface area contributed by atoms with Crippen molar-refractivity contribution in [3.05, 3.63) is 94.2 Å². The van der Waals surface area contributed by atoms with Crippen LogP contribution < -0.4 is 10.1 Å². The fraction of sp³-hybridized carbons (Fsp3) is 0.185. The van der Waals surface area contributed by atoms with Crippen molar-refractivity contribution in [1.29, 1.82) is 5.26 Å². The molecule has 0 saturated carbocycles. The molecule has 0 atom stereocenters. The second kappa shape index (κ2) is 8.99. The van der Waals surface area contributed by atoms with Gasteiger partial charge in [0.15, 0.2) is 5.76 Å². The van der Waals surface area contributed by atoms with Gasteiger partial charge in [0.25, 0.3) is 5.91 Å². The zero-order chi connectivity index (χ0) is 22.7. The van der Waals surface area contributed by atoms with E-state index in [9.17, 15) is 4.79 Å². The number of nitriles is 1. The number of rotatable bonds is 6. The van der Waals surface area contributed by atoms with Gasteiger partial charge in [-0.3, -0.25) is 4.79 Å². The summed E-state index contributed by atoms with van der Waals surface area (Å²) in [6, 6.07) is 21.2. The van der Waals surface area contributed by atoms with Crippen molar-refractivity contribution in [2.75, 3.05) is 5.32 Å². The number of nitrogens with one attached hydrogen (secondary N) is 1. The fourth-order valence-corrected chi connectivity index (χ4v) is 3.79. The lowest BCUT2D eigenvalue weighted by atomic mass is 10.0. The monoisotopic (exact) mass is 424 g/mol. The van der Waals surface area contributed by atoms with Crippen LogP contribution in [0, 0.1) is 32.1 Å². The number of amides is 1. The third-order valence-electron chi connectivity index (χ3n) is 5.56. The van der Waals surface area contributed by atoms with Crippen molar-refractivity contribution >= 4 is 22.6 Å². The number of benzene rings is 3. The minimum atomic E-state index is -0.286. The predicted octanol–water partition coefficient (Wildman–Crippen LogP) is 6.26. The van der Waals surface area contributed by atoms with Crippen molar-refractivity contribution in [3.8, 4) is 11.8 Å². The number of nitrogens with zero attached hydrogens (tertiary/aromatic N) is 1. The van der Waals surface area contributed by atoms with Gasteiger partial charge in [0, 0.05) is 22.2 Å². The van der Waals surface area contributed by atoms with Crippen LogP contribution in [0.3, 0.4) is 0 Å². The zero-order valence-corrected chi connectivity index (χ0v) is 18.4. The molecule has 5 nitrogen and oxygen atoms in total. The van der Waals surface area contributed by atoms with Gasteiger partial charge >= 0.3 is 0 Å². The molecule has 1 aromatic heterocycles. The van der Waals surface area contributed by atoms with Crippen LogP contribution in [0.4, 0.5) is 5.69 Å². The molecule has 3 aromatic carbocycles. The van der Waals surface area contributed by atoms with E-state index < -0.39 is 0 Å². The summed E-state index contributed by atoms with van der Waals surface area (Å²) in [5.74, 6) is 0.735. The Morgan fingerprint density at radius 2 is 1.72 bits per heavy atom. The highest BCUT2D eigenvalue weighted by molar-refractivity contribution is 6.07. The molecule has 0 fully saturated rings. The molecule has 0 bridgehead atoms. The number of ether oxygens (including phenoxy) is 1. The minimum Gasteiger partial charge on any atom is -0.489 e. The molecule has 0 aliphatic rings. The maximum Gasteiger partial charge on any atom is 0.291 e. The summed E-state index contributed by atoms with van der Waals surface area (Å²) in [6.07, 6.45) is 0.370. The summed E-state index contributed by atoms with van der Waals surface area (Å²) >= 11 is 0. The van der Waals surface area contributed by atoms with E-state index in [4.69, 9.17) is 14.4 Å². The van der Waals surface area contributed by atoms with Crippen LogP contribution in [-0.2, 0) is 13.0 Å². The van der Waals surface area contributed by atoms with Crippen molar-refractivity contribution in [3.63, 3.8) is 0 Å². The average molecular weight is 425 g/mol. The molecular formula is C27H24N2O3. The van der Waals surface area contributed by atoms with Crippen LogP contribution in [0.5, 0.6) is 5.75 Å². The molecule has 0 unspecified atom stereocenters. The molecule has 1 amide bonds. The second-order valence-corrected chi connectivity index (χ2v) is 7.84. The molecule has 4 rings (SSSR count). The minimum absolute atomic E-state index is 0.286. The molecule has 32 heavy (non-hydrogen) atoms. The van der Waals surface area contributed by atoms with Crippen LogP contribution >= 0.6 is 0 Å². The molecule has 0 aliphatic carbocycles. The van der Waals surface area contributed by atoms with Gasteiger partial charge in [0.05, 0.1) is 12.5 Å². The van der Waals surface area contributed by atoms with Gasteiger partial charge in [-0.2, -0.15) is 5.26 Å². The highest BCUT2D eigenvalue weighted by Crippen LogP contribution is 2.31. The topological polar surface area (TPSA) is 75.3 Å². The third kappa shape index (κ3) is 4.21. The van der Waals surface area contributed by atoms with E-state index in [1.165, 1.54) is 0 Å². The lowest BCUT2D eigenvalue weighted by Crippen LogP contribution is -2.14. The van der Waals surface area contributed by atoms with E-state index in [0.29, 0.717) is 30.2 Å². The molecule has 0 saturated heterocycles. The van der Waals surface area contributed by atoms with Crippen LogP contribution in [0.15, 0.2) is 65.1 Å². The molecule has 1 N–H and O–H groups in total. The van der Waals surface area contributed by atoms with E-state index in [2.05, 4.69) is 11.4 Å². The van der Waals surface area contributed by atoms with E-state index in [1.807, 2.05) is 81.4 Å². The average Bonchev–Trinajstić information content (AvgIpc) is 3.15. The van der Waals surface area contributed by atoms with Crippen molar-refractivity contribution in [2.45, 2.75) is 33.8 Å². The number of carbonyl (C=O) groups is 1. The van der Waals surface area contributed by atoms with Gasteiger partial charge in [-0.25, -0.2) is 0 Å². The van der Waals surface area contributed by atoms with Gasteiger partial charge in [0.1, 0.15) is 17.9 Å². The maximum absolute atomic E-state index is 13.1. The van der Waals surface area contributed by atoms with Crippen LogP contribution in [0.1, 0.15) is 38.4 Å². The first-order valence-electron chi connectivity index (χ1n) is 10.4. The number of carbonyl (C=O) groups excluding carboxylic acids is 1. The van der Waals surface area contributed by atoms with E-state index >= 15 is 0 Å². The normalized spacial score (nSPS) is 10.7. The van der Waals surface area contributed by atoms with E-state index in [0.717, 1.165) is 38.8 Å². The van der Waals surface area contributed by atoms with Gasteiger partial charge in [-0.05, 0) is 55.7 Å². The smallest absolute Gasteiger partial charge is 0.291 e. The molecule has 1 heterocycles. The standard InChI is InChI=1S/C27H24N2O3/c1-17-8-9-18(2)25-24(17)19(3)26(32-25)27(30)29-23-7-5-4-6-21(23)16-31-22-12-10-20(11-13-22)14-15-28/h4-13H,14,16H2,1-3H3,(H,29,30). The Morgan fingerprint density at radius 3 is 2.44 bits per heavy atom. The predicted molar refractivity (Wildman–Crippen MR) is 125 cm³/mol. The fourth-order valence-electron chi connectivity index (χ4n) is 3.79. The van der Waals surface area contributed by atoms with Gasteiger partial charge in [0.2, 0.25) is 0 Å². The third-order valence-corrected chi connectivity index (χ3v) is 5.56. The van der Waals surface area contributed by atoms with Crippen molar-refractivity contribution in [1.82, 2.24) is 0 Å². The molecule has 160 valence electrons. The number of aryl methyl sites for hydroxylation is 3. The lowest BCUT2D eigenvalue weighted by Gasteiger charge is -2.12. The number of para-hydroxylation sites is 1. The quantitative estimate of drug-likeness (QED) is 0.397. The van der Waals surface area contributed by atoms with Crippen LogP contribution in [0.2, 0.25) is 0 Å². The Hall–Kier alpha value is -4.04. The molecule has 0 aliphatic heterocycles. The Morgan fingerprint density at radius 1 is 1.00 bits per heavy atom. The summed E-state index contributed by atoms with van der Waals surface area (Å²) in [4.78, 5) is 13.1. The van der Waals surface area contributed by atoms with E-state index in [-0.39, 0.29) is 5.91 Å². The highest BCUT2D eigenvalue weighted by atomic mass is 16.5. The van der Waals surface area contributed by atoms with E-state index in [1.54, 1.807) is 0 Å². The first kappa shape index (κ1) is 21.2. The van der Waals surface area contributed by atoms with Crippen LogP contribution in [0.25, 0.3) is 11.0 Å². The number of hydrogen-bond donors (Lipinski definition) is 1. The first-order valence-corrected chi connectivity index (χ1v) is 10.4. The Labute approximate surface area is 187 Å². The summed E-state index contributed by atoms with van der Waals surface area (Å²) in [6.45, 7) is 6.21. The van der Waals surface area contributed by atoms with Gasteiger partial charge in [-0.15, -0.1) is 0 Å². The number of hydrogen-bond acceptors (Lipinski definition) is 4. The number of anilines is 1. The number of fused-ring (bicyclic) bond motifs is 1. The van der Waals surface area contributed by atoms with Gasteiger partial charge in [-0.1, -0.05) is 42.5 Å². The Kier molecular flexibility index (Phi) is 5.96. The molecule has 5 heteroatoms. The second-order valence-electron chi connectivity index (χ2n) is 7.84. The maximum atomic E-state index is 13.1. The number of furan rings is 1. The highest BCUT2D eigenvalue weighted by Gasteiger charge is 2.20. The largest absolute Gasteiger partial charge is 0.489 e. The van der Waals surface area contributed by atoms with Crippen LogP contribution in [-0.4, -0.2) is 5.91 Å². The summed E-state index contributed by atoms with van der Waals surface area (Å²) < 4.78 is 11.9. The lowest BCUT2D eigenvalue weighted by molar-refractivity contribution is 0.0997. The summed E-state index contributed by atoms with van der Waals surface area (Å²) in [5, 5.41) is 12.8. The molecule has 0 spiro atoms. The zero-order valence-electron chi connectivity index (χ0n) is 18.4. The molecule has 0 radical (unpaired) electrons. The summed E-state index contributed by atoms with van der Waals surface area (Å²) in [5.41, 5.74) is 6.14. The Balaban J connectivity index is 1.53. The summed E-state index contributed by atoms with van der Waals surface area (Å²) in [7, 11) is 0. The van der Waals surface area contributed by atoms with Gasteiger partial charge < -0.3 is 14.5 Å². The Bertz CT molecular complexity index is 1330. The SMILES string of the molecule is Cc1ccc(C)c2c(C)c(C(=O)Nc3ccccc3COc3ccc(CC#N)cc3)oc12.